The van der Waals surface area contributed by atoms with Gasteiger partial charge in [0.2, 0.25) is 0 Å². The minimum absolute atomic E-state index is 0.478. The zero-order chi connectivity index (χ0) is 14.0. The largest absolute Gasteiger partial charge is 0.299 e. The molecule has 1 heteroatoms. The van der Waals surface area contributed by atoms with Gasteiger partial charge in [-0.2, -0.15) is 0 Å². The molecule has 0 bridgehead atoms. The smallest absolute Gasteiger partial charge is 0.0233 e. The molecule has 0 spiro atoms. The van der Waals surface area contributed by atoms with E-state index in [1.165, 1.54) is 42.6 Å². The highest BCUT2D eigenvalue weighted by molar-refractivity contribution is 5.28. The molecule has 1 nitrogen and oxygen atoms in total. The molecule has 1 fully saturated rings. The van der Waals surface area contributed by atoms with Crippen molar-refractivity contribution in [1.29, 1.82) is 0 Å². The lowest BCUT2D eigenvalue weighted by atomic mass is 9.75. The molecule has 1 aliphatic rings. The van der Waals surface area contributed by atoms with Gasteiger partial charge in [-0.05, 0) is 56.7 Å². The minimum Gasteiger partial charge on any atom is -0.299 e. The van der Waals surface area contributed by atoms with Crippen molar-refractivity contribution in [3.63, 3.8) is 0 Å². The Morgan fingerprint density at radius 2 is 1.53 bits per heavy atom. The Hall–Kier alpha value is -0.820. The van der Waals surface area contributed by atoms with Crippen LogP contribution in [-0.4, -0.2) is 18.0 Å². The second-order valence-electron chi connectivity index (χ2n) is 7.41. The number of hydrogen-bond donors (Lipinski definition) is 0. The first-order valence-corrected chi connectivity index (χ1v) is 7.64. The molecule has 0 aliphatic carbocycles. The van der Waals surface area contributed by atoms with E-state index >= 15 is 0 Å². The van der Waals surface area contributed by atoms with Gasteiger partial charge in [0.15, 0.2) is 0 Å². The third-order valence-electron chi connectivity index (χ3n) is 4.50. The monoisotopic (exact) mass is 259 g/mol. The van der Waals surface area contributed by atoms with E-state index < -0.39 is 0 Å². The Labute approximate surface area is 119 Å². The van der Waals surface area contributed by atoms with Gasteiger partial charge in [0, 0.05) is 6.54 Å². The number of aryl methyl sites for hydroxylation is 2. The van der Waals surface area contributed by atoms with Crippen LogP contribution in [0.15, 0.2) is 18.2 Å². The lowest BCUT2D eigenvalue weighted by Crippen LogP contribution is -2.37. The molecule has 19 heavy (non-hydrogen) atoms. The Morgan fingerprint density at radius 3 is 2.00 bits per heavy atom. The lowest BCUT2D eigenvalue weighted by molar-refractivity contribution is 0.108. The first kappa shape index (κ1) is 14.6. The summed E-state index contributed by atoms with van der Waals surface area (Å²) in [6, 6.07) is 6.93. The van der Waals surface area contributed by atoms with Crippen LogP contribution in [0.25, 0.3) is 0 Å². The van der Waals surface area contributed by atoms with Crippen LogP contribution in [0, 0.1) is 25.2 Å². The highest BCUT2D eigenvalue weighted by Crippen LogP contribution is 2.34. The van der Waals surface area contributed by atoms with Crippen LogP contribution in [0.4, 0.5) is 0 Å². The van der Waals surface area contributed by atoms with Gasteiger partial charge in [-0.3, -0.25) is 4.90 Å². The highest BCUT2D eigenvalue weighted by atomic mass is 15.1. The van der Waals surface area contributed by atoms with Gasteiger partial charge in [0.1, 0.15) is 0 Å². The van der Waals surface area contributed by atoms with E-state index in [0.717, 1.165) is 12.5 Å². The van der Waals surface area contributed by atoms with E-state index in [-0.39, 0.29) is 0 Å². The van der Waals surface area contributed by atoms with Crippen LogP contribution < -0.4 is 0 Å². The molecule has 1 aromatic carbocycles. The summed E-state index contributed by atoms with van der Waals surface area (Å²) < 4.78 is 0. The summed E-state index contributed by atoms with van der Waals surface area (Å²) >= 11 is 0. The van der Waals surface area contributed by atoms with E-state index in [9.17, 15) is 0 Å². The van der Waals surface area contributed by atoms with Crippen LogP contribution in [-0.2, 0) is 6.54 Å². The Kier molecular flexibility index (Phi) is 4.35. The van der Waals surface area contributed by atoms with Crippen molar-refractivity contribution < 1.29 is 0 Å². The summed E-state index contributed by atoms with van der Waals surface area (Å²) in [5, 5.41) is 0. The second-order valence-corrected chi connectivity index (χ2v) is 7.41. The van der Waals surface area contributed by atoms with Gasteiger partial charge in [-0.25, -0.2) is 0 Å². The first-order valence-electron chi connectivity index (χ1n) is 7.64. The number of piperidine rings is 1. The van der Waals surface area contributed by atoms with E-state index in [0.29, 0.717) is 5.41 Å². The average Bonchev–Trinajstić information content (AvgIpc) is 2.26. The van der Waals surface area contributed by atoms with Crippen molar-refractivity contribution in [2.45, 2.75) is 54.0 Å². The van der Waals surface area contributed by atoms with Crippen molar-refractivity contribution >= 4 is 0 Å². The fraction of sp³-hybridized carbons (Fsp3) is 0.667. The molecular formula is C18H29N. The van der Waals surface area contributed by atoms with E-state index in [1.54, 1.807) is 0 Å². The summed E-state index contributed by atoms with van der Waals surface area (Å²) in [5.74, 6) is 0.892. The van der Waals surface area contributed by atoms with Crippen molar-refractivity contribution in [1.82, 2.24) is 4.90 Å². The summed E-state index contributed by atoms with van der Waals surface area (Å²) in [5.41, 5.74) is 4.73. The Morgan fingerprint density at radius 1 is 1.00 bits per heavy atom. The predicted molar refractivity (Wildman–Crippen MR) is 83.4 cm³/mol. The van der Waals surface area contributed by atoms with Crippen molar-refractivity contribution in [3.05, 3.63) is 34.9 Å². The van der Waals surface area contributed by atoms with Gasteiger partial charge >= 0.3 is 0 Å². The van der Waals surface area contributed by atoms with E-state index in [1.807, 2.05) is 0 Å². The molecular weight excluding hydrogens is 230 g/mol. The molecule has 106 valence electrons. The molecule has 1 saturated heterocycles. The quantitative estimate of drug-likeness (QED) is 0.752. The van der Waals surface area contributed by atoms with Gasteiger partial charge in [-0.1, -0.05) is 50.1 Å². The third kappa shape index (κ3) is 4.07. The van der Waals surface area contributed by atoms with Gasteiger partial charge in [0.05, 0.1) is 0 Å². The normalized spacial score (nSPS) is 18.8. The topological polar surface area (TPSA) is 3.24 Å². The molecule has 0 saturated carbocycles. The third-order valence-corrected chi connectivity index (χ3v) is 4.50. The second kappa shape index (κ2) is 5.66. The molecule has 1 aromatic rings. The molecule has 0 radical (unpaired) electrons. The molecule has 1 heterocycles. The van der Waals surface area contributed by atoms with Crippen molar-refractivity contribution in [3.8, 4) is 0 Å². The Bertz CT molecular complexity index is 400. The zero-order valence-electron chi connectivity index (χ0n) is 13.3. The molecule has 0 atom stereocenters. The van der Waals surface area contributed by atoms with Gasteiger partial charge in [-0.15, -0.1) is 0 Å². The molecule has 0 aromatic heterocycles. The fourth-order valence-electron chi connectivity index (χ4n) is 3.38. The van der Waals surface area contributed by atoms with Crippen molar-refractivity contribution in [2.75, 3.05) is 13.1 Å². The summed E-state index contributed by atoms with van der Waals surface area (Å²) in [6.45, 7) is 15.2. The molecule has 0 amide bonds. The number of likely N-dealkylation sites (tertiary alicyclic amines) is 1. The van der Waals surface area contributed by atoms with E-state index in [2.05, 4.69) is 57.7 Å². The fourth-order valence-corrected chi connectivity index (χ4v) is 3.38. The van der Waals surface area contributed by atoms with Crippen LogP contribution in [0.5, 0.6) is 0 Å². The number of nitrogens with zero attached hydrogens (tertiary/aromatic N) is 1. The number of benzene rings is 1. The minimum atomic E-state index is 0.478. The maximum atomic E-state index is 2.62. The van der Waals surface area contributed by atoms with Crippen LogP contribution >= 0.6 is 0 Å². The van der Waals surface area contributed by atoms with E-state index in [4.69, 9.17) is 0 Å². The lowest BCUT2D eigenvalue weighted by Gasteiger charge is -2.38. The maximum absolute atomic E-state index is 2.62. The summed E-state index contributed by atoms with van der Waals surface area (Å²) in [7, 11) is 0. The Balaban J connectivity index is 1.92. The average molecular weight is 259 g/mol. The highest BCUT2D eigenvalue weighted by Gasteiger charge is 2.28. The number of rotatable bonds is 2. The standard InChI is InChI=1S/C18H29N/c1-14-10-15(2)12-16(11-14)13-19-8-6-17(7-9-19)18(3,4)5/h10-12,17H,6-9,13H2,1-5H3. The molecule has 0 unspecified atom stereocenters. The molecule has 1 aliphatic heterocycles. The number of hydrogen-bond acceptors (Lipinski definition) is 1. The SMILES string of the molecule is Cc1cc(C)cc(CN2CCC(C(C)(C)C)CC2)c1. The maximum Gasteiger partial charge on any atom is 0.0233 e. The van der Waals surface area contributed by atoms with Gasteiger partial charge in [0.25, 0.3) is 0 Å². The van der Waals surface area contributed by atoms with Crippen LogP contribution in [0.3, 0.4) is 0 Å². The molecule has 0 N–H and O–H groups in total. The van der Waals surface area contributed by atoms with Crippen LogP contribution in [0.1, 0.15) is 50.3 Å². The van der Waals surface area contributed by atoms with Crippen molar-refractivity contribution in [2.24, 2.45) is 11.3 Å². The first-order chi connectivity index (χ1) is 8.84. The summed E-state index contributed by atoms with van der Waals surface area (Å²) in [6.07, 6.45) is 2.71. The molecule has 2 rings (SSSR count). The van der Waals surface area contributed by atoms with Crippen LogP contribution in [0.2, 0.25) is 0 Å². The van der Waals surface area contributed by atoms with Gasteiger partial charge < -0.3 is 0 Å². The summed E-state index contributed by atoms with van der Waals surface area (Å²) in [4.78, 5) is 2.62. The predicted octanol–water partition coefficient (Wildman–Crippen LogP) is 4.56. The zero-order valence-corrected chi connectivity index (χ0v) is 13.3.